The first-order chi connectivity index (χ1) is 8.65. The van der Waals surface area contributed by atoms with Gasteiger partial charge in [0.25, 0.3) is 0 Å². The van der Waals surface area contributed by atoms with Crippen LogP contribution in [0.4, 0.5) is 10.1 Å². The molecule has 1 unspecified atom stereocenters. The average molecular weight is 268 g/mol. The summed E-state index contributed by atoms with van der Waals surface area (Å²) < 4.78 is 12.9. The number of anilines is 1. The van der Waals surface area contributed by atoms with E-state index in [1.807, 2.05) is 0 Å². The fourth-order valence-corrected chi connectivity index (χ4v) is 2.67. The summed E-state index contributed by atoms with van der Waals surface area (Å²) in [5.74, 6) is 0.0114. The Morgan fingerprint density at radius 1 is 1.56 bits per heavy atom. The second-order valence-electron chi connectivity index (χ2n) is 3.91. The van der Waals surface area contributed by atoms with Gasteiger partial charge in [0.15, 0.2) is 0 Å². The molecular formula is C12H13FN2O2S. The molecule has 0 saturated carbocycles. The van der Waals surface area contributed by atoms with E-state index in [-0.39, 0.29) is 23.5 Å². The van der Waals surface area contributed by atoms with Gasteiger partial charge in [0, 0.05) is 24.4 Å². The molecule has 2 N–H and O–H groups in total. The van der Waals surface area contributed by atoms with Gasteiger partial charge >= 0.3 is 0 Å². The van der Waals surface area contributed by atoms with Gasteiger partial charge in [-0.25, -0.2) is 4.39 Å². The minimum absolute atomic E-state index is 0.104. The number of benzene rings is 1. The molecule has 0 aliphatic carbocycles. The largest absolute Gasteiger partial charge is 0.354 e. The minimum Gasteiger partial charge on any atom is -0.354 e. The number of halogens is 1. The van der Waals surface area contributed by atoms with Crippen molar-refractivity contribution < 1.29 is 14.0 Å². The fraction of sp³-hybridized carbons (Fsp3) is 0.333. The number of amides is 2. The van der Waals surface area contributed by atoms with E-state index in [0.717, 1.165) is 5.75 Å². The number of carbonyl (C=O) groups excluding carboxylic acids is 2. The van der Waals surface area contributed by atoms with E-state index in [0.29, 0.717) is 12.2 Å². The van der Waals surface area contributed by atoms with Crippen LogP contribution in [0.5, 0.6) is 0 Å². The lowest BCUT2D eigenvalue weighted by atomic mass is 10.2. The van der Waals surface area contributed by atoms with Crippen LogP contribution >= 0.6 is 11.8 Å². The van der Waals surface area contributed by atoms with Gasteiger partial charge in [-0.1, -0.05) is 6.07 Å². The molecular weight excluding hydrogens is 255 g/mol. The maximum absolute atomic E-state index is 12.9. The van der Waals surface area contributed by atoms with E-state index < -0.39 is 5.82 Å². The number of hydrogen-bond donors (Lipinski definition) is 2. The third-order valence-electron chi connectivity index (χ3n) is 2.49. The zero-order valence-electron chi connectivity index (χ0n) is 9.61. The van der Waals surface area contributed by atoms with Crippen molar-refractivity contribution in [3.05, 3.63) is 30.1 Å². The molecule has 96 valence electrons. The maximum Gasteiger partial charge on any atom is 0.233 e. The van der Waals surface area contributed by atoms with E-state index in [2.05, 4.69) is 10.6 Å². The van der Waals surface area contributed by atoms with Gasteiger partial charge in [0.1, 0.15) is 5.82 Å². The highest BCUT2D eigenvalue weighted by Crippen LogP contribution is 2.19. The highest BCUT2D eigenvalue weighted by molar-refractivity contribution is 8.00. The Morgan fingerprint density at radius 3 is 3.11 bits per heavy atom. The minimum atomic E-state index is -0.405. The normalized spacial score (nSPS) is 19.2. The van der Waals surface area contributed by atoms with E-state index in [4.69, 9.17) is 0 Å². The zero-order chi connectivity index (χ0) is 13.0. The third kappa shape index (κ3) is 3.46. The van der Waals surface area contributed by atoms with Crippen molar-refractivity contribution in [1.82, 2.24) is 5.32 Å². The van der Waals surface area contributed by atoms with Crippen molar-refractivity contribution in [2.45, 2.75) is 11.7 Å². The van der Waals surface area contributed by atoms with E-state index >= 15 is 0 Å². The summed E-state index contributed by atoms with van der Waals surface area (Å²) in [6, 6.07) is 5.67. The summed E-state index contributed by atoms with van der Waals surface area (Å²) in [5, 5.41) is 4.93. The second kappa shape index (κ2) is 5.86. The molecule has 0 aromatic heterocycles. The molecule has 2 rings (SSSR count). The summed E-state index contributed by atoms with van der Waals surface area (Å²) >= 11 is 1.47. The quantitative estimate of drug-likeness (QED) is 0.871. The van der Waals surface area contributed by atoms with Crippen molar-refractivity contribution in [2.24, 2.45) is 0 Å². The van der Waals surface area contributed by atoms with Gasteiger partial charge in [-0.3, -0.25) is 9.59 Å². The molecule has 1 atom stereocenters. The summed E-state index contributed by atoms with van der Waals surface area (Å²) in [6.07, 6.45) is 0.104. The van der Waals surface area contributed by atoms with E-state index in [1.165, 1.54) is 30.0 Å². The monoisotopic (exact) mass is 268 g/mol. The smallest absolute Gasteiger partial charge is 0.233 e. The zero-order valence-corrected chi connectivity index (χ0v) is 10.4. The predicted molar refractivity (Wildman–Crippen MR) is 68.9 cm³/mol. The molecule has 1 aliphatic heterocycles. The van der Waals surface area contributed by atoms with Gasteiger partial charge in [0.05, 0.1) is 5.25 Å². The lowest BCUT2D eigenvalue weighted by Crippen LogP contribution is -2.40. The van der Waals surface area contributed by atoms with E-state index in [9.17, 15) is 14.0 Å². The maximum atomic E-state index is 12.9. The molecule has 4 nitrogen and oxygen atoms in total. The Morgan fingerprint density at radius 2 is 2.39 bits per heavy atom. The molecule has 0 radical (unpaired) electrons. The van der Waals surface area contributed by atoms with Gasteiger partial charge < -0.3 is 10.6 Å². The van der Waals surface area contributed by atoms with Gasteiger partial charge in [0.2, 0.25) is 11.8 Å². The molecule has 1 heterocycles. The number of rotatable bonds is 3. The molecule has 0 spiro atoms. The first-order valence-electron chi connectivity index (χ1n) is 5.60. The Bertz CT molecular complexity index is 467. The van der Waals surface area contributed by atoms with Crippen LogP contribution in [0, 0.1) is 5.82 Å². The van der Waals surface area contributed by atoms with E-state index in [1.54, 1.807) is 6.07 Å². The van der Waals surface area contributed by atoms with Crippen LogP contribution in [0.1, 0.15) is 6.42 Å². The molecule has 1 saturated heterocycles. The van der Waals surface area contributed by atoms with Crippen LogP contribution in [0.15, 0.2) is 24.3 Å². The third-order valence-corrected chi connectivity index (χ3v) is 3.71. The summed E-state index contributed by atoms with van der Waals surface area (Å²) in [5.41, 5.74) is 0.404. The first-order valence-corrected chi connectivity index (χ1v) is 6.65. The SMILES string of the molecule is O=C(CC1SCCNC1=O)Nc1cccc(F)c1. The Balaban J connectivity index is 1.90. The second-order valence-corrected chi connectivity index (χ2v) is 5.22. The lowest BCUT2D eigenvalue weighted by molar-refractivity contribution is -0.123. The van der Waals surface area contributed by atoms with Crippen LogP contribution in [0.2, 0.25) is 0 Å². The first kappa shape index (κ1) is 12.9. The number of hydrogen-bond acceptors (Lipinski definition) is 3. The Kier molecular flexibility index (Phi) is 4.19. The molecule has 1 aliphatic rings. The highest BCUT2D eigenvalue weighted by atomic mass is 32.2. The summed E-state index contributed by atoms with van der Waals surface area (Å²) in [7, 11) is 0. The molecule has 6 heteroatoms. The van der Waals surface area contributed by atoms with Crippen molar-refractivity contribution in [3.8, 4) is 0 Å². The molecule has 1 aromatic carbocycles. The number of thioether (sulfide) groups is 1. The van der Waals surface area contributed by atoms with Crippen LogP contribution in [0.3, 0.4) is 0 Å². The highest BCUT2D eigenvalue weighted by Gasteiger charge is 2.25. The van der Waals surface area contributed by atoms with Crippen molar-refractivity contribution >= 4 is 29.3 Å². The van der Waals surface area contributed by atoms with Gasteiger partial charge in [-0.2, -0.15) is 0 Å². The van der Waals surface area contributed by atoms with Crippen molar-refractivity contribution in [3.63, 3.8) is 0 Å². The predicted octanol–water partition coefficient (Wildman–Crippen LogP) is 1.39. The van der Waals surface area contributed by atoms with Crippen LogP contribution in [0.25, 0.3) is 0 Å². The Labute approximate surface area is 108 Å². The van der Waals surface area contributed by atoms with Crippen LogP contribution in [-0.2, 0) is 9.59 Å². The number of carbonyl (C=O) groups is 2. The standard InChI is InChI=1S/C12H13FN2O2S/c13-8-2-1-3-9(6-8)15-11(16)7-10-12(17)14-4-5-18-10/h1-3,6,10H,4-5,7H2,(H,14,17)(H,15,16). The van der Waals surface area contributed by atoms with Gasteiger partial charge in [-0.05, 0) is 18.2 Å². The van der Waals surface area contributed by atoms with Crippen molar-refractivity contribution in [2.75, 3.05) is 17.6 Å². The average Bonchev–Trinajstić information content (AvgIpc) is 2.32. The molecule has 1 fully saturated rings. The van der Waals surface area contributed by atoms with Crippen LogP contribution < -0.4 is 10.6 Å². The Hall–Kier alpha value is -1.56. The topological polar surface area (TPSA) is 58.2 Å². The number of nitrogens with one attached hydrogen (secondary N) is 2. The van der Waals surface area contributed by atoms with Crippen LogP contribution in [-0.4, -0.2) is 29.4 Å². The molecule has 1 aromatic rings. The lowest BCUT2D eigenvalue weighted by Gasteiger charge is -2.20. The molecule has 2 amide bonds. The van der Waals surface area contributed by atoms with Crippen molar-refractivity contribution in [1.29, 1.82) is 0 Å². The summed E-state index contributed by atoms with van der Waals surface area (Å²) in [4.78, 5) is 23.2. The summed E-state index contributed by atoms with van der Waals surface area (Å²) in [6.45, 7) is 0.644. The van der Waals surface area contributed by atoms with Gasteiger partial charge in [-0.15, -0.1) is 11.8 Å². The fourth-order valence-electron chi connectivity index (χ4n) is 1.66. The molecule has 0 bridgehead atoms. The molecule has 18 heavy (non-hydrogen) atoms.